The monoisotopic (exact) mass is 556 g/mol. The molecule has 0 atom stereocenters. The quantitative estimate of drug-likeness (QED) is 0.292. The van der Waals surface area contributed by atoms with Gasteiger partial charge in [-0.3, -0.25) is 19.9 Å². The van der Waals surface area contributed by atoms with Gasteiger partial charge in [-0.1, -0.05) is 18.2 Å². The Morgan fingerprint density at radius 3 is 2.79 bits per heavy atom. The standard InChI is InChI=1S/C29H28N6O2S2/c1-18-12-21(32-24(13-18)23-17-38-25-5-3-2-4-22(23)25)16-30-15-19-7-10-35(11-8-19)28-31-9-6-20(33-28)14-26-27(36)34-29(37)39-26/h2-6,9,12-14,17,19,30H,7-8,10-11,15-16H2,1H3,(H,34,36,37)/b26-14-. The summed E-state index contributed by atoms with van der Waals surface area (Å²) in [6, 6.07) is 14.6. The Kier molecular flexibility index (Phi) is 7.40. The summed E-state index contributed by atoms with van der Waals surface area (Å²) in [5.74, 6) is 0.847. The molecule has 0 aliphatic carbocycles. The molecule has 5 heterocycles. The zero-order chi connectivity index (χ0) is 26.8. The highest BCUT2D eigenvalue weighted by atomic mass is 32.2. The van der Waals surface area contributed by atoms with Crippen LogP contribution in [-0.4, -0.2) is 45.7 Å². The van der Waals surface area contributed by atoms with Crippen LogP contribution >= 0.6 is 23.1 Å². The van der Waals surface area contributed by atoms with Crippen LogP contribution < -0.4 is 15.5 Å². The van der Waals surface area contributed by atoms with Gasteiger partial charge in [-0.2, -0.15) is 0 Å². The van der Waals surface area contributed by atoms with Crippen molar-refractivity contribution in [1.82, 2.24) is 25.6 Å². The summed E-state index contributed by atoms with van der Waals surface area (Å²) < 4.78 is 1.28. The molecule has 10 heteroatoms. The molecule has 0 unspecified atom stereocenters. The molecule has 1 aromatic carbocycles. The molecule has 0 bridgehead atoms. The van der Waals surface area contributed by atoms with Crippen molar-refractivity contribution in [2.45, 2.75) is 26.3 Å². The van der Waals surface area contributed by atoms with E-state index in [1.807, 2.05) is 0 Å². The number of hydrogen-bond donors (Lipinski definition) is 2. The van der Waals surface area contributed by atoms with Gasteiger partial charge in [0, 0.05) is 46.9 Å². The number of aromatic nitrogens is 3. The van der Waals surface area contributed by atoms with E-state index in [-0.39, 0.29) is 11.1 Å². The summed E-state index contributed by atoms with van der Waals surface area (Å²) in [5.41, 5.74) is 5.14. The summed E-state index contributed by atoms with van der Waals surface area (Å²) in [5, 5.41) is 9.02. The normalized spacial score (nSPS) is 17.4. The van der Waals surface area contributed by atoms with E-state index in [0.717, 1.165) is 62.2 Å². The Bertz CT molecular complexity index is 1580. The van der Waals surface area contributed by atoms with Gasteiger partial charge in [-0.15, -0.1) is 11.3 Å². The second-order valence-corrected chi connectivity index (χ2v) is 11.8. The van der Waals surface area contributed by atoms with Gasteiger partial charge in [0.25, 0.3) is 11.1 Å². The summed E-state index contributed by atoms with van der Waals surface area (Å²) >= 11 is 2.66. The fraction of sp³-hybridized carbons (Fsp3) is 0.276. The molecule has 2 aliphatic heterocycles. The third-order valence-electron chi connectivity index (χ3n) is 7.00. The molecule has 0 spiro atoms. The Morgan fingerprint density at radius 1 is 1.13 bits per heavy atom. The van der Waals surface area contributed by atoms with Crippen LogP contribution in [0.5, 0.6) is 0 Å². The number of pyridine rings is 1. The number of hydrogen-bond acceptors (Lipinski definition) is 9. The Hall–Kier alpha value is -3.60. The molecule has 4 aromatic rings. The highest BCUT2D eigenvalue weighted by Crippen LogP contribution is 2.33. The van der Waals surface area contributed by atoms with Gasteiger partial charge in [0.05, 0.1) is 22.0 Å². The minimum Gasteiger partial charge on any atom is -0.341 e. The largest absolute Gasteiger partial charge is 0.341 e. The molecular formula is C29H28N6O2S2. The number of aryl methyl sites for hydroxylation is 1. The Labute approximate surface area is 235 Å². The van der Waals surface area contributed by atoms with Crippen molar-refractivity contribution in [2.75, 3.05) is 24.5 Å². The summed E-state index contributed by atoms with van der Waals surface area (Å²) in [6.45, 7) is 5.56. The maximum Gasteiger partial charge on any atom is 0.290 e. The molecular weight excluding hydrogens is 528 g/mol. The van der Waals surface area contributed by atoms with Crippen molar-refractivity contribution < 1.29 is 9.59 Å². The van der Waals surface area contributed by atoms with Gasteiger partial charge in [0.1, 0.15) is 0 Å². The number of nitrogens with zero attached hydrogens (tertiary/aromatic N) is 4. The number of carbonyl (C=O) groups excluding carboxylic acids is 2. The molecule has 2 amide bonds. The van der Waals surface area contributed by atoms with E-state index in [4.69, 9.17) is 4.98 Å². The van der Waals surface area contributed by atoms with Crippen molar-refractivity contribution >= 4 is 56.4 Å². The van der Waals surface area contributed by atoms with Crippen LogP contribution in [0.15, 0.2) is 58.9 Å². The first-order valence-electron chi connectivity index (χ1n) is 13.0. The predicted molar refractivity (Wildman–Crippen MR) is 158 cm³/mol. The first-order valence-corrected chi connectivity index (χ1v) is 14.7. The number of benzene rings is 1. The van der Waals surface area contributed by atoms with E-state index >= 15 is 0 Å². The molecule has 2 N–H and O–H groups in total. The van der Waals surface area contributed by atoms with Crippen LogP contribution in [0.25, 0.3) is 27.4 Å². The Morgan fingerprint density at radius 2 is 1.97 bits per heavy atom. The smallest absolute Gasteiger partial charge is 0.290 e. The number of thioether (sulfide) groups is 1. The number of rotatable bonds is 7. The maximum atomic E-state index is 11.8. The predicted octanol–water partition coefficient (Wildman–Crippen LogP) is 5.39. The molecule has 3 aromatic heterocycles. The molecule has 2 fully saturated rings. The lowest BCUT2D eigenvalue weighted by Gasteiger charge is -2.32. The van der Waals surface area contributed by atoms with Crippen LogP contribution in [0.4, 0.5) is 10.7 Å². The maximum absolute atomic E-state index is 11.8. The van der Waals surface area contributed by atoms with Gasteiger partial charge in [0.2, 0.25) is 5.95 Å². The summed E-state index contributed by atoms with van der Waals surface area (Å²) in [7, 11) is 0. The van der Waals surface area contributed by atoms with Crippen LogP contribution in [0.3, 0.4) is 0 Å². The van der Waals surface area contributed by atoms with Crippen molar-refractivity contribution in [3.05, 3.63) is 75.9 Å². The molecule has 0 radical (unpaired) electrons. The average Bonchev–Trinajstić information content (AvgIpc) is 3.51. The van der Waals surface area contributed by atoms with E-state index < -0.39 is 0 Å². The second kappa shape index (κ2) is 11.3. The van der Waals surface area contributed by atoms with Crippen molar-refractivity contribution in [3.63, 3.8) is 0 Å². The molecule has 2 saturated heterocycles. The number of imide groups is 1. The Balaban J connectivity index is 1.03. The number of nitrogens with one attached hydrogen (secondary N) is 2. The summed E-state index contributed by atoms with van der Waals surface area (Å²) in [4.78, 5) is 39.8. The number of anilines is 1. The van der Waals surface area contributed by atoms with Gasteiger partial charge >= 0.3 is 0 Å². The highest BCUT2D eigenvalue weighted by Gasteiger charge is 2.26. The number of amides is 2. The van der Waals surface area contributed by atoms with E-state index in [1.54, 1.807) is 29.7 Å². The molecule has 0 saturated carbocycles. The number of fused-ring (bicyclic) bond motifs is 1. The van der Waals surface area contributed by atoms with E-state index in [9.17, 15) is 9.59 Å². The van der Waals surface area contributed by atoms with Crippen LogP contribution in [-0.2, 0) is 11.3 Å². The van der Waals surface area contributed by atoms with Gasteiger partial charge < -0.3 is 10.2 Å². The minimum atomic E-state index is -0.379. The number of carbonyl (C=O) groups is 2. The summed E-state index contributed by atoms with van der Waals surface area (Å²) in [6.07, 6.45) is 5.42. The topological polar surface area (TPSA) is 100 Å². The van der Waals surface area contributed by atoms with Crippen molar-refractivity contribution in [1.29, 1.82) is 0 Å². The average molecular weight is 557 g/mol. The lowest BCUT2D eigenvalue weighted by molar-refractivity contribution is -0.115. The fourth-order valence-corrected chi connectivity index (χ4v) is 6.66. The van der Waals surface area contributed by atoms with Crippen LogP contribution in [0, 0.1) is 12.8 Å². The van der Waals surface area contributed by atoms with E-state index in [0.29, 0.717) is 22.5 Å². The number of piperidine rings is 1. The molecule has 6 rings (SSSR count). The van der Waals surface area contributed by atoms with E-state index in [2.05, 4.69) is 74.2 Å². The van der Waals surface area contributed by atoms with E-state index in [1.165, 1.54) is 21.2 Å². The first kappa shape index (κ1) is 25.7. The molecule has 2 aliphatic rings. The van der Waals surface area contributed by atoms with Crippen molar-refractivity contribution in [3.8, 4) is 11.3 Å². The lowest BCUT2D eigenvalue weighted by atomic mass is 9.97. The fourth-order valence-electron chi connectivity index (χ4n) is 5.04. The van der Waals surface area contributed by atoms with Gasteiger partial charge in [0.15, 0.2) is 0 Å². The third-order valence-corrected chi connectivity index (χ3v) is 8.78. The second-order valence-electron chi connectivity index (χ2n) is 9.86. The third kappa shape index (κ3) is 5.88. The molecule has 8 nitrogen and oxygen atoms in total. The molecule has 198 valence electrons. The molecule has 39 heavy (non-hydrogen) atoms. The zero-order valence-corrected chi connectivity index (χ0v) is 23.1. The SMILES string of the molecule is Cc1cc(CNCC2CCN(c3nccc(/C=C4\SC(=O)NC4=O)n3)CC2)nc(-c2csc3ccccc23)c1. The van der Waals surface area contributed by atoms with Gasteiger partial charge in [-0.05, 0) is 79.9 Å². The number of thiophene rings is 1. The van der Waals surface area contributed by atoms with Gasteiger partial charge in [-0.25, -0.2) is 9.97 Å². The van der Waals surface area contributed by atoms with Crippen molar-refractivity contribution in [2.24, 2.45) is 5.92 Å². The van der Waals surface area contributed by atoms with Crippen LogP contribution in [0.1, 0.15) is 29.8 Å². The highest BCUT2D eigenvalue weighted by molar-refractivity contribution is 8.18. The minimum absolute atomic E-state index is 0.355. The van der Waals surface area contributed by atoms with Crippen LogP contribution in [0.2, 0.25) is 0 Å². The lowest BCUT2D eigenvalue weighted by Crippen LogP contribution is -2.38. The first-order chi connectivity index (χ1) is 19.0. The zero-order valence-electron chi connectivity index (χ0n) is 21.5.